The van der Waals surface area contributed by atoms with Gasteiger partial charge in [-0.3, -0.25) is 5.43 Å². The van der Waals surface area contributed by atoms with Crippen molar-refractivity contribution >= 4 is 38.9 Å². The molecule has 232 valence electrons. The van der Waals surface area contributed by atoms with Crippen LogP contribution >= 0.6 is 10.7 Å². The molecule has 0 saturated carbocycles. The summed E-state index contributed by atoms with van der Waals surface area (Å²) in [5, 5.41) is 1.73. The molecule has 1 N–H and O–H groups in total. The number of hydrogen-bond acceptors (Lipinski definition) is 13. The predicted molar refractivity (Wildman–Crippen MR) is 167 cm³/mol. The lowest BCUT2D eigenvalue weighted by atomic mass is 10.1. The Morgan fingerprint density at radius 3 is 2.24 bits per heavy atom. The first kappa shape index (κ1) is 31.4. The molecule has 1 aromatic carbocycles. The number of nitrogens with zero attached hydrogens (tertiary/aromatic N) is 6. The third-order valence-electron chi connectivity index (χ3n) is 7.05. The molecule has 1 aromatic heterocycles. The van der Waals surface area contributed by atoms with Gasteiger partial charge in [-0.05, 0) is 43.0 Å². The van der Waals surface area contributed by atoms with Gasteiger partial charge >= 0.3 is 5.30 Å². The molecule has 42 heavy (non-hydrogen) atoms. The standard InChI is InChI=1S/C28H43N7O6S/c1-9-41-28(36)42-18-19(2)16-35(42)31-27-29-25(24(40-8)26(30-27)34-12-10-32(3)11-13-34)33(4)17-20-14-21(37-5)23(39-7)22(15-20)38-6/h14-15,18-19H,9-13,16-17H2,1-8H3,(H,29,30,31). The number of benzene rings is 1. The fourth-order valence-electron chi connectivity index (χ4n) is 4.93. The van der Waals surface area contributed by atoms with Gasteiger partial charge in [-0.25, -0.2) is 4.79 Å². The molecule has 2 aromatic rings. The molecule has 1 saturated heterocycles. The Bertz CT molecular complexity index is 1260. The first-order valence-electron chi connectivity index (χ1n) is 13.9. The van der Waals surface area contributed by atoms with Gasteiger partial charge in [0.15, 0.2) is 23.1 Å². The number of methoxy groups -OCH3 is 4. The van der Waals surface area contributed by atoms with Crippen LogP contribution in [0.2, 0.25) is 0 Å². The van der Waals surface area contributed by atoms with Gasteiger partial charge in [-0.1, -0.05) is 6.92 Å². The molecule has 2 aliphatic heterocycles. The fourth-order valence-corrected chi connectivity index (χ4v) is 6.71. The highest BCUT2D eigenvalue weighted by Crippen LogP contribution is 2.41. The van der Waals surface area contributed by atoms with Crippen LogP contribution in [0.5, 0.6) is 23.0 Å². The second-order valence-electron chi connectivity index (χ2n) is 10.2. The summed E-state index contributed by atoms with van der Waals surface area (Å²) in [5.74, 6) is 4.12. The second kappa shape index (κ2) is 14.1. The smallest absolute Gasteiger partial charge is 0.376 e. The Balaban J connectivity index is 1.73. The summed E-state index contributed by atoms with van der Waals surface area (Å²) in [6.45, 7) is 8.68. The maximum atomic E-state index is 12.7. The highest BCUT2D eigenvalue weighted by atomic mass is 32.2. The van der Waals surface area contributed by atoms with Gasteiger partial charge in [0.25, 0.3) is 0 Å². The van der Waals surface area contributed by atoms with Gasteiger partial charge in [0.2, 0.25) is 17.4 Å². The summed E-state index contributed by atoms with van der Waals surface area (Å²) in [5.41, 5.74) is 4.25. The molecule has 0 amide bonds. The third kappa shape index (κ3) is 6.93. The normalized spacial score (nSPS) is 19.2. The average Bonchev–Trinajstić information content (AvgIpc) is 3.36. The zero-order chi connectivity index (χ0) is 30.4. The minimum Gasteiger partial charge on any atom is -0.493 e. The van der Waals surface area contributed by atoms with E-state index < -0.39 is 10.7 Å². The predicted octanol–water partition coefficient (Wildman–Crippen LogP) is 3.32. The van der Waals surface area contributed by atoms with E-state index in [1.165, 1.54) is 0 Å². The van der Waals surface area contributed by atoms with Crippen molar-refractivity contribution in [3.05, 3.63) is 17.7 Å². The first-order valence-corrected chi connectivity index (χ1v) is 15.2. The molecule has 0 bridgehead atoms. The van der Waals surface area contributed by atoms with Gasteiger partial charge in [-0.2, -0.15) is 14.4 Å². The zero-order valence-corrected chi connectivity index (χ0v) is 26.6. The maximum absolute atomic E-state index is 12.7. The molecule has 1 fully saturated rings. The molecule has 13 nitrogen and oxygen atoms in total. The van der Waals surface area contributed by atoms with E-state index in [-0.39, 0.29) is 11.2 Å². The SMILES string of the molecule is CCOC(=O)S1=CC(C)CN1Nc1nc(N(C)Cc2cc(OC)c(OC)c(OC)c2)c(OC)c(N2CCN(C)CC2)n1. The molecule has 2 unspecified atom stereocenters. The van der Waals surface area contributed by atoms with E-state index in [0.29, 0.717) is 60.3 Å². The van der Waals surface area contributed by atoms with E-state index in [1.54, 1.807) is 28.4 Å². The summed E-state index contributed by atoms with van der Waals surface area (Å²) in [6, 6.07) is 3.83. The molecule has 2 aliphatic rings. The van der Waals surface area contributed by atoms with Crippen LogP contribution in [-0.2, 0) is 11.3 Å². The summed E-state index contributed by atoms with van der Waals surface area (Å²) >= 11 is 0. The van der Waals surface area contributed by atoms with E-state index in [1.807, 2.05) is 40.8 Å². The van der Waals surface area contributed by atoms with Crippen molar-refractivity contribution in [2.24, 2.45) is 5.92 Å². The van der Waals surface area contributed by atoms with Crippen molar-refractivity contribution in [2.45, 2.75) is 20.4 Å². The molecule has 2 atom stereocenters. The minimum absolute atomic E-state index is 0.197. The number of hydrogen-bond donors (Lipinski definition) is 1. The topological polar surface area (TPSA) is 114 Å². The molecule has 4 rings (SSSR count). The first-order chi connectivity index (χ1) is 20.2. The van der Waals surface area contributed by atoms with Crippen molar-refractivity contribution in [3.63, 3.8) is 0 Å². The third-order valence-corrected chi connectivity index (χ3v) is 8.95. The van der Waals surface area contributed by atoms with Gasteiger partial charge in [0.1, 0.15) is 0 Å². The highest BCUT2D eigenvalue weighted by Gasteiger charge is 2.30. The van der Waals surface area contributed by atoms with Crippen LogP contribution in [0.4, 0.5) is 22.4 Å². The number of likely N-dealkylation sites (N-methyl/N-ethyl adjacent to an activating group) is 1. The lowest BCUT2D eigenvalue weighted by Gasteiger charge is -2.35. The highest BCUT2D eigenvalue weighted by molar-refractivity contribution is 8.25. The van der Waals surface area contributed by atoms with Gasteiger partial charge in [-0.15, -0.1) is 0 Å². The largest absolute Gasteiger partial charge is 0.493 e. The van der Waals surface area contributed by atoms with Crippen LogP contribution in [0.25, 0.3) is 0 Å². The number of anilines is 3. The van der Waals surface area contributed by atoms with Gasteiger partial charge in [0.05, 0.1) is 35.0 Å². The molecule has 14 heteroatoms. The van der Waals surface area contributed by atoms with Crippen molar-refractivity contribution in [1.29, 1.82) is 0 Å². The number of rotatable bonds is 11. The van der Waals surface area contributed by atoms with Gasteiger partial charge < -0.3 is 38.4 Å². The summed E-state index contributed by atoms with van der Waals surface area (Å²) in [4.78, 5) is 29.1. The molecular weight excluding hydrogens is 562 g/mol. The van der Waals surface area contributed by atoms with E-state index >= 15 is 0 Å². The van der Waals surface area contributed by atoms with Gasteiger partial charge in [0, 0.05) is 57.0 Å². The molecular formula is C28H43N7O6S. The van der Waals surface area contributed by atoms with Crippen molar-refractivity contribution in [2.75, 3.05) is 97.1 Å². The zero-order valence-electron chi connectivity index (χ0n) is 25.8. The number of carbonyl (C=O) groups excluding carboxylic acids is 1. The Labute approximate surface area is 250 Å². The number of hydrazine groups is 1. The van der Waals surface area contributed by atoms with Crippen molar-refractivity contribution in [1.82, 2.24) is 19.3 Å². The molecule has 0 radical (unpaired) electrons. The monoisotopic (exact) mass is 605 g/mol. The van der Waals surface area contributed by atoms with E-state index in [2.05, 4.69) is 29.2 Å². The quantitative estimate of drug-likeness (QED) is 0.299. The van der Waals surface area contributed by atoms with Crippen LogP contribution in [0.1, 0.15) is 19.4 Å². The average molecular weight is 606 g/mol. The lowest BCUT2D eigenvalue weighted by Crippen LogP contribution is -2.45. The molecule has 3 heterocycles. The van der Waals surface area contributed by atoms with Crippen LogP contribution in [-0.4, -0.2) is 112 Å². The van der Waals surface area contributed by atoms with E-state index in [4.69, 9.17) is 33.7 Å². The van der Waals surface area contributed by atoms with Crippen molar-refractivity contribution in [3.8, 4) is 23.0 Å². The Kier molecular flexibility index (Phi) is 10.6. The minimum atomic E-state index is -0.872. The number of piperazine rings is 1. The number of ether oxygens (including phenoxy) is 5. The Hall–Kier alpha value is -3.49. The van der Waals surface area contributed by atoms with E-state index in [0.717, 1.165) is 31.7 Å². The summed E-state index contributed by atoms with van der Waals surface area (Å²) < 4.78 is 29.8. The second-order valence-corrected chi connectivity index (χ2v) is 11.9. The fraction of sp³-hybridized carbons (Fsp3) is 0.571. The summed E-state index contributed by atoms with van der Waals surface area (Å²) in [7, 11) is 9.59. The molecule has 0 spiro atoms. The Morgan fingerprint density at radius 2 is 1.67 bits per heavy atom. The number of aromatic nitrogens is 2. The summed E-state index contributed by atoms with van der Waals surface area (Å²) in [6.07, 6.45) is 0. The Morgan fingerprint density at radius 1 is 1.02 bits per heavy atom. The van der Waals surface area contributed by atoms with E-state index in [9.17, 15) is 4.79 Å². The van der Waals surface area contributed by atoms with Crippen LogP contribution < -0.4 is 34.2 Å². The molecule has 0 aliphatic carbocycles. The number of nitrogens with one attached hydrogen (secondary N) is 1. The number of carbonyl (C=O) groups is 1. The lowest BCUT2D eigenvalue weighted by molar-refractivity contribution is 0.180. The van der Waals surface area contributed by atoms with Crippen LogP contribution in [0.3, 0.4) is 0 Å². The van der Waals surface area contributed by atoms with Crippen molar-refractivity contribution < 1.29 is 28.5 Å². The maximum Gasteiger partial charge on any atom is 0.376 e. The van der Waals surface area contributed by atoms with Crippen LogP contribution in [0, 0.1) is 5.92 Å². The van der Waals surface area contributed by atoms with Crippen LogP contribution in [0.15, 0.2) is 12.1 Å².